The van der Waals surface area contributed by atoms with Gasteiger partial charge >= 0.3 is 17.1 Å². The summed E-state index contributed by atoms with van der Waals surface area (Å²) >= 11 is 0. The maximum absolute atomic E-state index is 5.41. The van der Waals surface area contributed by atoms with Crippen molar-refractivity contribution < 1.29 is 21.9 Å². The Morgan fingerprint density at radius 3 is 2.73 bits per heavy atom. The van der Waals surface area contributed by atoms with Gasteiger partial charge in [0.1, 0.15) is 11.8 Å². The summed E-state index contributed by atoms with van der Waals surface area (Å²) in [5, 5.41) is 4.10. The Labute approximate surface area is 141 Å². The van der Waals surface area contributed by atoms with Crippen LogP contribution < -0.4 is 0 Å². The van der Waals surface area contributed by atoms with Gasteiger partial charge in [-0.05, 0) is 12.1 Å². The van der Waals surface area contributed by atoms with Crippen molar-refractivity contribution in [2.24, 2.45) is 5.16 Å². The van der Waals surface area contributed by atoms with Crippen molar-refractivity contribution in [3.8, 4) is 0 Å². The molecule has 4 rings (SSSR count). The van der Waals surface area contributed by atoms with Gasteiger partial charge in [0, 0.05) is 12.6 Å². The third kappa shape index (κ3) is 4.30. The fourth-order valence-corrected chi connectivity index (χ4v) is 2.17. The predicted octanol–water partition coefficient (Wildman–Crippen LogP) is 3.83. The predicted molar refractivity (Wildman–Crippen MR) is 83.3 cm³/mol. The van der Waals surface area contributed by atoms with Gasteiger partial charge in [0.2, 0.25) is 0 Å². The Hall–Kier alpha value is -1.90. The number of hydrogen-bond acceptors (Lipinski definition) is 3. The molecule has 0 fully saturated rings. The summed E-state index contributed by atoms with van der Waals surface area (Å²) < 4.78 is 0. The molecule has 1 aliphatic heterocycles. The van der Waals surface area contributed by atoms with Crippen molar-refractivity contribution in [1.29, 1.82) is 0 Å². The van der Waals surface area contributed by atoms with E-state index in [4.69, 9.17) is 4.84 Å². The minimum absolute atomic E-state index is 0. The van der Waals surface area contributed by atoms with Crippen molar-refractivity contribution in [1.82, 2.24) is 4.98 Å². The van der Waals surface area contributed by atoms with Crippen molar-refractivity contribution in [3.05, 3.63) is 91.3 Å². The second kappa shape index (κ2) is 8.52. The third-order valence-corrected chi connectivity index (χ3v) is 3.25. The van der Waals surface area contributed by atoms with Crippen molar-refractivity contribution >= 4 is 5.71 Å². The molecule has 2 aliphatic rings. The number of rotatable bonds is 2. The van der Waals surface area contributed by atoms with Crippen LogP contribution in [0.4, 0.5) is 0 Å². The van der Waals surface area contributed by atoms with Gasteiger partial charge in [-0.25, -0.2) is 30.7 Å². The molecule has 3 nitrogen and oxygen atoms in total. The molecule has 0 amide bonds. The molecule has 0 saturated carbocycles. The Bertz CT molecular complexity index is 599. The normalized spacial score (nSPS) is 18.4. The minimum Gasteiger partial charge on any atom is -0.389 e. The standard InChI is InChI=1S/C13H11N2O.C5H5.Fe/c1-2-6-10(5-1)13-9-12(15-16-13)11-7-3-4-8-14-11;1-2-4-5-3-1;/h1-8,13H,9H2;1-5H;/q2*-1;+2. The Morgan fingerprint density at radius 1 is 1.18 bits per heavy atom. The van der Waals surface area contributed by atoms with E-state index in [1.54, 1.807) is 6.20 Å². The first-order valence-corrected chi connectivity index (χ1v) is 6.96. The van der Waals surface area contributed by atoms with Crippen molar-refractivity contribution in [2.75, 3.05) is 0 Å². The molecule has 0 N–H and O–H groups in total. The largest absolute Gasteiger partial charge is 2.00 e. The van der Waals surface area contributed by atoms with Crippen LogP contribution in [-0.2, 0) is 21.9 Å². The van der Waals surface area contributed by atoms with Gasteiger partial charge in [-0.2, -0.15) is 12.1 Å². The molecule has 1 unspecified atom stereocenters. The summed E-state index contributed by atoms with van der Waals surface area (Å²) in [6.45, 7) is 0. The van der Waals surface area contributed by atoms with Crippen molar-refractivity contribution in [3.63, 3.8) is 0 Å². The minimum atomic E-state index is 0. The number of allylic oxidation sites excluding steroid dienone is 2. The molecule has 1 aliphatic carbocycles. The monoisotopic (exact) mass is 332 g/mol. The first-order valence-electron chi connectivity index (χ1n) is 6.96. The maximum atomic E-state index is 5.41. The quantitative estimate of drug-likeness (QED) is 0.619. The molecule has 0 bridgehead atoms. The molecular formula is C18H16FeN2O. The molecule has 22 heavy (non-hydrogen) atoms. The van der Waals surface area contributed by atoms with Crippen LogP contribution in [-0.4, -0.2) is 10.7 Å². The maximum Gasteiger partial charge on any atom is 2.00 e. The Morgan fingerprint density at radius 2 is 2.14 bits per heavy atom. The summed E-state index contributed by atoms with van der Waals surface area (Å²) in [6, 6.07) is 13.9. The smallest absolute Gasteiger partial charge is 0.389 e. The van der Waals surface area contributed by atoms with Gasteiger partial charge in [0.05, 0.1) is 5.69 Å². The van der Waals surface area contributed by atoms with E-state index in [0.717, 1.165) is 17.8 Å². The van der Waals surface area contributed by atoms with E-state index in [1.165, 1.54) is 5.56 Å². The van der Waals surface area contributed by atoms with Gasteiger partial charge < -0.3 is 4.84 Å². The van der Waals surface area contributed by atoms with E-state index in [0.29, 0.717) is 0 Å². The number of nitrogens with zero attached hydrogens (tertiary/aromatic N) is 2. The van der Waals surface area contributed by atoms with Crippen LogP contribution in [0.1, 0.15) is 23.8 Å². The molecule has 0 spiro atoms. The Balaban J connectivity index is 0.000000253. The zero-order valence-corrected chi connectivity index (χ0v) is 13.1. The average molecular weight is 332 g/mol. The van der Waals surface area contributed by atoms with E-state index >= 15 is 0 Å². The Kier molecular flexibility index (Phi) is 6.38. The molecule has 1 aromatic carbocycles. The second-order valence-electron chi connectivity index (χ2n) is 4.73. The first-order chi connectivity index (χ1) is 10.4. The number of aromatic nitrogens is 1. The molecule has 2 radical (unpaired) electrons. The van der Waals surface area contributed by atoms with Gasteiger partial charge in [-0.1, -0.05) is 11.2 Å². The summed E-state index contributed by atoms with van der Waals surface area (Å²) in [6.07, 6.45) is 12.6. The fraction of sp³-hybridized carbons (Fsp3) is 0.111. The average Bonchev–Trinajstić information content (AvgIpc) is 3.30. The van der Waals surface area contributed by atoms with E-state index in [-0.39, 0.29) is 23.2 Å². The van der Waals surface area contributed by atoms with Crippen molar-refractivity contribution in [2.45, 2.75) is 12.5 Å². The van der Waals surface area contributed by atoms with Crippen LogP contribution in [0.2, 0.25) is 0 Å². The van der Waals surface area contributed by atoms with Crippen LogP contribution in [0.3, 0.4) is 0 Å². The van der Waals surface area contributed by atoms with E-state index in [2.05, 4.69) is 22.3 Å². The SMILES string of the molecule is [CH]1[CH][CH-]C=C1.[Fe+2].c1ccc(C2=NOC(c3ccc[cH-]3)C2)nc1. The summed E-state index contributed by atoms with van der Waals surface area (Å²) in [5.74, 6) is 0. The van der Waals surface area contributed by atoms with Crippen LogP contribution in [0.25, 0.3) is 0 Å². The molecule has 2 heterocycles. The second-order valence-corrected chi connectivity index (χ2v) is 4.73. The van der Waals surface area contributed by atoms with E-state index in [9.17, 15) is 0 Å². The van der Waals surface area contributed by atoms with Crippen LogP contribution >= 0.6 is 0 Å². The molecule has 2 aromatic rings. The number of hydrogen-bond donors (Lipinski definition) is 0. The van der Waals surface area contributed by atoms with Gasteiger partial charge in [-0.3, -0.25) is 4.98 Å². The zero-order valence-electron chi connectivity index (χ0n) is 11.9. The number of oxime groups is 1. The molecular weight excluding hydrogens is 316 g/mol. The van der Waals surface area contributed by atoms with Crippen LogP contribution in [0.5, 0.6) is 0 Å². The molecule has 0 saturated heterocycles. The van der Waals surface area contributed by atoms with Gasteiger partial charge in [0.15, 0.2) is 0 Å². The van der Waals surface area contributed by atoms with Gasteiger partial charge in [0.25, 0.3) is 0 Å². The van der Waals surface area contributed by atoms with Crippen LogP contribution in [0, 0.1) is 19.3 Å². The summed E-state index contributed by atoms with van der Waals surface area (Å²) in [5.41, 5.74) is 3.00. The molecule has 112 valence electrons. The summed E-state index contributed by atoms with van der Waals surface area (Å²) in [4.78, 5) is 9.68. The van der Waals surface area contributed by atoms with Gasteiger partial charge in [-0.15, -0.1) is 18.4 Å². The van der Waals surface area contributed by atoms with E-state index < -0.39 is 0 Å². The zero-order chi connectivity index (χ0) is 14.3. The third-order valence-electron chi connectivity index (χ3n) is 3.25. The fourth-order valence-electron chi connectivity index (χ4n) is 2.17. The van der Waals surface area contributed by atoms with Crippen LogP contribution in [0.15, 0.2) is 66.0 Å². The summed E-state index contributed by atoms with van der Waals surface area (Å²) in [7, 11) is 0. The topological polar surface area (TPSA) is 34.5 Å². The first kappa shape index (κ1) is 16.5. The molecule has 4 heteroatoms. The van der Waals surface area contributed by atoms with E-state index in [1.807, 2.05) is 61.7 Å². The molecule has 1 atom stereocenters. The molecule has 1 aromatic heterocycles. The number of pyridine rings is 1.